The first-order chi connectivity index (χ1) is 10.0. The van der Waals surface area contributed by atoms with Crippen molar-refractivity contribution in [3.8, 4) is 0 Å². The third-order valence-electron chi connectivity index (χ3n) is 2.97. The lowest BCUT2D eigenvalue weighted by molar-refractivity contribution is -0.127. The molecule has 0 spiro atoms. The zero-order valence-corrected chi connectivity index (χ0v) is 14.4. The number of carbonyl (C=O) groups is 2. The van der Waals surface area contributed by atoms with Crippen LogP contribution in [0.2, 0.25) is 0 Å². The highest BCUT2D eigenvalue weighted by Gasteiger charge is 2.17. The number of amides is 1. The summed E-state index contributed by atoms with van der Waals surface area (Å²) in [6, 6.07) is 0. The zero-order valence-electron chi connectivity index (χ0n) is 14.4. The van der Waals surface area contributed by atoms with Crippen molar-refractivity contribution in [3.63, 3.8) is 0 Å². The first-order valence-corrected chi connectivity index (χ1v) is 8.09. The van der Waals surface area contributed by atoms with Crippen LogP contribution in [0.25, 0.3) is 0 Å². The molecule has 3 nitrogen and oxygen atoms in total. The standard InChI is InChI=1S/C15H25NO2.C3H8/c1-5-9-13(14(17)7-3)10-12-16(11-6-2)15(18)8-4;1-3-2/h7-8,13H,3-6,9-12H2,1-2H3;3H2,1-2H3. The van der Waals surface area contributed by atoms with Crippen LogP contribution in [-0.4, -0.2) is 29.7 Å². The van der Waals surface area contributed by atoms with E-state index in [1.54, 1.807) is 4.90 Å². The summed E-state index contributed by atoms with van der Waals surface area (Å²) >= 11 is 0. The molecule has 122 valence electrons. The second-order valence-electron chi connectivity index (χ2n) is 5.12. The van der Waals surface area contributed by atoms with Crippen LogP contribution in [-0.2, 0) is 9.59 Å². The van der Waals surface area contributed by atoms with Gasteiger partial charge in [0, 0.05) is 19.0 Å². The van der Waals surface area contributed by atoms with E-state index in [2.05, 4.69) is 33.9 Å². The SMILES string of the molecule is C=CC(=O)C(CCC)CCN(CCC)C(=O)C=C.CCC. The summed E-state index contributed by atoms with van der Waals surface area (Å²) in [5, 5.41) is 0. The van der Waals surface area contributed by atoms with E-state index in [0.717, 1.165) is 19.3 Å². The van der Waals surface area contributed by atoms with Crippen molar-refractivity contribution in [3.05, 3.63) is 25.3 Å². The number of ketones is 1. The molecular formula is C18H33NO2. The highest BCUT2D eigenvalue weighted by molar-refractivity contribution is 5.91. The predicted octanol–water partition coefficient (Wildman–Crippen LogP) is 4.39. The van der Waals surface area contributed by atoms with Gasteiger partial charge in [0.05, 0.1) is 0 Å². The molecule has 0 aliphatic heterocycles. The summed E-state index contributed by atoms with van der Waals surface area (Å²) in [5.74, 6) is 0.0157. The van der Waals surface area contributed by atoms with Crippen molar-refractivity contribution >= 4 is 11.7 Å². The van der Waals surface area contributed by atoms with Gasteiger partial charge in [-0.05, 0) is 31.4 Å². The Balaban J connectivity index is 0. The Morgan fingerprint density at radius 3 is 1.90 bits per heavy atom. The molecule has 0 heterocycles. The Hall–Kier alpha value is -1.38. The first-order valence-electron chi connectivity index (χ1n) is 8.09. The number of hydrogen-bond donors (Lipinski definition) is 0. The molecule has 0 aliphatic carbocycles. The van der Waals surface area contributed by atoms with E-state index in [9.17, 15) is 9.59 Å². The van der Waals surface area contributed by atoms with E-state index in [1.165, 1.54) is 18.6 Å². The van der Waals surface area contributed by atoms with Gasteiger partial charge in [0.2, 0.25) is 5.91 Å². The monoisotopic (exact) mass is 295 g/mol. The summed E-state index contributed by atoms with van der Waals surface area (Å²) in [6.07, 6.45) is 7.41. The van der Waals surface area contributed by atoms with Crippen LogP contribution in [0.5, 0.6) is 0 Å². The molecule has 0 aromatic rings. The largest absolute Gasteiger partial charge is 0.339 e. The molecule has 0 saturated heterocycles. The van der Waals surface area contributed by atoms with Gasteiger partial charge in [-0.1, -0.05) is 53.7 Å². The third kappa shape index (κ3) is 11.0. The van der Waals surface area contributed by atoms with Crippen molar-refractivity contribution in [1.82, 2.24) is 4.90 Å². The second-order valence-corrected chi connectivity index (χ2v) is 5.12. The summed E-state index contributed by atoms with van der Waals surface area (Å²) < 4.78 is 0. The molecule has 1 amide bonds. The number of nitrogens with zero attached hydrogens (tertiary/aromatic N) is 1. The van der Waals surface area contributed by atoms with Gasteiger partial charge < -0.3 is 4.90 Å². The van der Waals surface area contributed by atoms with Gasteiger partial charge in [-0.2, -0.15) is 0 Å². The van der Waals surface area contributed by atoms with E-state index in [0.29, 0.717) is 19.5 Å². The number of rotatable bonds is 10. The van der Waals surface area contributed by atoms with Crippen molar-refractivity contribution in [2.75, 3.05) is 13.1 Å². The molecule has 0 bridgehead atoms. The summed E-state index contributed by atoms with van der Waals surface area (Å²) in [5.41, 5.74) is 0. The van der Waals surface area contributed by atoms with Crippen molar-refractivity contribution in [2.45, 2.75) is 59.8 Å². The maximum atomic E-state index is 11.7. The fraction of sp³-hybridized carbons (Fsp3) is 0.667. The lowest BCUT2D eigenvalue weighted by Gasteiger charge is -2.23. The lowest BCUT2D eigenvalue weighted by Crippen LogP contribution is -2.33. The molecule has 21 heavy (non-hydrogen) atoms. The van der Waals surface area contributed by atoms with Crippen LogP contribution >= 0.6 is 0 Å². The Bertz CT molecular complexity index is 280. The van der Waals surface area contributed by atoms with Gasteiger partial charge in [0.25, 0.3) is 0 Å². The predicted molar refractivity (Wildman–Crippen MR) is 91.3 cm³/mol. The second kappa shape index (κ2) is 15.0. The van der Waals surface area contributed by atoms with Crippen molar-refractivity contribution < 1.29 is 9.59 Å². The lowest BCUT2D eigenvalue weighted by atomic mass is 9.94. The van der Waals surface area contributed by atoms with Gasteiger partial charge in [-0.3, -0.25) is 9.59 Å². The Kier molecular flexibility index (Phi) is 15.7. The Morgan fingerprint density at radius 1 is 0.952 bits per heavy atom. The molecule has 0 aromatic heterocycles. The fourth-order valence-electron chi connectivity index (χ4n) is 1.99. The number of hydrogen-bond acceptors (Lipinski definition) is 2. The van der Waals surface area contributed by atoms with E-state index in [-0.39, 0.29) is 17.6 Å². The van der Waals surface area contributed by atoms with E-state index in [1.807, 2.05) is 6.92 Å². The summed E-state index contributed by atoms with van der Waals surface area (Å²) in [7, 11) is 0. The maximum Gasteiger partial charge on any atom is 0.245 e. The molecule has 0 aliphatic rings. The molecule has 1 atom stereocenters. The van der Waals surface area contributed by atoms with Crippen LogP contribution in [0.1, 0.15) is 59.8 Å². The molecule has 0 aromatic carbocycles. The van der Waals surface area contributed by atoms with Crippen LogP contribution < -0.4 is 0 Å². The van der Waals surface area contributed by atoms with E-state index >= 15 is 0 Å². The van der Waals surface area contributed by atoms with E-state index < -0.39 is 0 Å². The minimum atomic E-state index is -0.0573. The van der Waals surface area contributed by atoms with Crippen LogP contribution in [0.4, 0.5) is 0 Å². The average molecular weight is 295 g/mol. The molecule has 3 heteroatoms. The number of carbonyl (C=O) groups excluding carboxylic acids is 2. The summed E-state index contributed by atoms with van der Waals surface area (Å²) in [6.45, 7) is 16.7. The minimum absolute atomic E-state index is 0.00975. The Morgan fingerprint density at radius 2 is 1.52 bits per heavy atom. The van der Waals surface area contributed by atoms with Crippen molar-refractivity contribution in [1.29, 1.82) is 0 Å². The molecule has 1 unspecified atom stereocenters. The molecule has 0 N–H and O–H groups in total. The van der Waals surface area contributed by atoms with Crippen LogP contribution in [0.3, 0.4) is 0 Å². The first kappa shape index (κ1) is 21.9. The van der Waals surface area contributed by atoms with Gasteiger partial charge in [0.15, 0.2) is 5.78 Å². The molecule has 0 saturated carbocycles. The topological polar surface area (TPSA) is 37.4 Å². The van der Waals surface area contributed by atoms with E-state index in [4.69, 9.17) is 0 Å². The molecular weight excluding hydrogens is 262 g/mol. The quantitative estimate of drug-likeness (QED) is 0.561. The third-order valence-corrected chi connectivity index (χ3v) is 2.97. The van der Waals surface area contributed by atoms with Gasteiger partial charge >= 0.3 is 0 Å². The molecule has 0 fully saturated rings. The van der Waals surface area contributed by atoms with Gasteiger partial charge in [-0.25, -0.2) is 0 Å². The van der Waals surface area contributed by atoms with Crippen LogP contribution in [0.15, 0.2) is 25.3 Å². The Labute approximate surface area is 131 Å². The normalized spacial score (nSPS) is 10.9. The summed E-state index contributed by atoms with van der Waals surface area (Å²) in [4.78, 5) is 25.0. The van der Waals surface area contributed by atoms with Crippen molar-refractivity contribution in [2.24, 2.45) is 5.92 Å². The maximum absolute atomic E-state index is 11.7. The smallest absolute Gasteiger partial charge is 0.245 e. The molecule has 0 rings (SSSR count). The fourth-order valence-corrected chi connectivity index (χ4v) is 1.99. The highest BCUT2D eigenvalue weighted by Crippen LogP contribution is 2.14. The van der Waals surface area contributed by atoms with Gasteiger partial charge in [0.1, 0.15) is 0 Å². The average Bonchev–Trinajstić information content (AvgIpc) is 2.49. The molecule has 0 radical (unpaired) electrons. The minimum Gasteiger partial charge on any atom is -0.339 e. The highest BCUT2D eigenvalue weighted by atomic mass is 16.2. The van der Waals surface area contributed by atoms with Crippen LogP contribution in [0, 0.1) is 5.92 Å². The zero-order chi connectivity index (χ0) is 16.7. The van der Waals surface area contributed by atoms with Gasteiger partial charge in [-0.15, -0.1) is 0 Å². The number of allylic oxidation sites excluding steroid dienone is 1.